The Morgan fingerprint density at radius 3 is 2.65 bits per heavy atom. The van der Waals surface area contributed by atoms with Crippen LogP contribution in [0.5, 0.6) is 5.75 Å². The summed E-state index contributed by atoms with van der Waals surface area (Å²) in [6, 6.07) is 10.8. The van der Waals surface area contributed by atoms with E-state index < -0.39 is 11.9 Å². The topological polar surface area (TPSA) is 72.6 Å². The zero-order valence-corrected chi connectivity index (χ0v) is 14.6. The van der Waals surface area contributed by atoms with Crippen molar-refractivity contribution in [1.82, 2.24) is 4.90 Å². The first-order valence-electron chi connectivity index (χ1n) is 8.60. The molecular weight excluding hydrogens is 335 g/mol. The second-order valence-electron chi connectivity index (χ2n) is 6.31. The Morgan fingerprint density at radius 2 is 2.00 bits per heavy atom. The Balaban J connectivity index is 1.72. The smallest absolute Gasteiger partial charge is 0.254 e. The van der Waals surface area contributed by atoms with E-state index in [2.05, 4.69) is 0 Å². The number of benzene rings is 2. The minimum absolute atomic E-state index is 0.179. The Labute approximate surface area is 151 Å². The number of ether oxygens (including phenoxy) is 1. The van der Waals surface area contributed by atoms with E-state index >= 15 is 0 Å². The van der Waals surface area contributed by atoms with Gasteiger partial charge < -0.3 is 15.4 Å². The van der Waals surface area contributed by atoms with E-state index in [4.69, 9.17) is 10.5 Å². The molecule has 1 aliphatic heterocycles. The van der Waals surface area contributed by atoms with Crippen molar-refractivity contribution in [3.63, 3.8) is 0 Å². The molecule has 0 radical (unpaired) electrons. The number of halogens is 1. The van der Waals surface area contributed by atoms with Crippen molar-refractivity contribution >= 4 is 11.8 Å². The Kier molecular flexibility index (Phi) is 5.21. The van der Waals surface area contributed by atoms with Gasteiger partial charge in [-0.15, -0.1) is 0 Å². The summed E-state index contributed by atoms with van der Waals surface area (Å²) >= 11 is 0. The zero-order valence-electron chi connectivity index (χ0n) is 14.6. The normalized spacial score (nSPS) is 14.7. The number of nitrogens with two attached hydrogens (primary N) is 1. The molecule has 136 valence electrons. The number of fused-ring (bicyclic) bond motifs is 1. The fraction of sp³-hybridized carbons (Fsp3) is 0.300. The van der Waals surface area contributed by atoms with Crippen LogP contribution in [0.25, 0.3) is 0 Å². The van der Waals surface area contributed by atoms with Crippen LogP contribution in [-0.4, -0.2) is 29.3 Å². The highest BCUT2D eigenvalue weighted by atomic mass is 19.1. The highest BCUT2D eigenvalue weighted by molar-refractivity contribution is 5.99. The van der Waals surface area contributed by atoms with E-state index in [0.29, 0.717) is 37.3 Å². The molecule has 5 nitrogen and oxygen atoms in total. The van der Waals surface area contributed by atoms with Crippen LogP contribution < -0.4 is 10.5 Å². The highest BCUT2D eigenvalue weighted by Crippen LogP contribution is 2.26. The third-order valence-corrected chi connectivity index (χ3v) is 4.60. The average molecular weight is 356 g/mol. The fourth-order valence-electron chi connectivity index (χ4n) is 3.19. The van der Waals surface area contributed by atoms with Crippen LogP contribution in [0.4, 0.5) is 4.39 Å². The summed E-state index contributed by atoms with van der Waals surface area (Å²) in [5, 5.41) is 0. The van der Waals surface area contributed by atoms with Crippen molar-refractivity contribution in [3.8, 4) is 5.75 Å². The standard InChI is InChI=1S/C20H21FN2O3/c1-2-18(19(22)24)23-10-9-14-11-16(7-8-17(14)20(23)25)26-12-13-3-5-15(21)6-4-13/h3-8,11,18H,2,9-10,12H2,1H3,(H2,22,24). The minimum Gasteiger partial charge on any atom is -0.489 e. The quantitative estimate of drug-likeness (QED) is 0.865. The molecule has 0 saturated carbocycles. The van der Waals surface area contributed by atoms with Crippen molar-refractivity contribution in [2.24, 2.45) is 5.73 Å². The lowest BCUT2D eigenvalue weighted by molar-refractivity contribution is -0.122. The molecule has 0 aromatic heterocycles. The maximum absolute atomic E-state index is 12.9. The van der Waals surface area contributed by atoms with Gasteiger partial charge in [-0.25, -0.2) is 4.39 Å². The van der Waals surface area contributed by atoms with Crippen molar-refractivity contribution in [1.29, 1.82) is 0 Å². The van der Waals surface area contributed by atoms with Crippen LogP contribution in [-0.2, 0) is 17.8 Å². The predicted octanol–water partition coefficient (Wildman–Crippen LogP) is 2.67. The van der Waals surface area contributed by atoms with Crippen LogP contribution in [0.3, 0.4) is 0 Å². The molecule has 6 heteroatoms. The molecule has 2 aromatic rings. The Bertz CT molecular complexity index is 820. The summed E-state index contributed by atoms with van der Waals surface area (Å²) in [4.78, 5) is 25.8. The van der Waals surface area contributed by atoms with Crippen molar-refractivity contribution in [3.05, 3.63) is 65.0 Å². The van der Waals surface area contributed by atoms with E-state index in [0.717, 1.165) is 11.1 Å². The molecular formula is C20H21FN2O3. The maximum Gasteiger partial charge on any atom is 0.254 e. The van der Waals surface area contributed by atoms with Crippen molar-refractivity contribution < 1.29 is 18.7 Å². The van der Waals surface area contributed by atoms with Gasteiger partial charge >= 0.3 is 0 Å². The third kappa shape index (κ3) is 3.69. The number of nitrogens with zero attached hydrogens (tertiary/aromatic N) is 1. The van der Waals surface area contributed by atoms with Gasteiger partial charge in [0.15, 0.2) is 0 Å². The zero-order chi connectivity index (χ0) is 18.7. The van der Waals surface area contributed by atoms with Gasteiger partial charge in [0, 0.05) is 12.1 Å². The lowest BCUT2D eigenvalue weighted by atomic mass is 9.96. The first-order chi connectivity index (χ1) is 12.5. The second kappa shape index (κ2) is 7.56. The minimum atomic E-state index is -0.579. The lowest BCUT2D eigenvalue weighted by Gasteiger charge is -2.33. The molecule has 1 aliphatic rings. The molecule has 26 heavy (non-hydrogen) atoms. The largest absolute Gasteiger partial charge is 0.489 e. The molecule has 3 rings (SSSR count). The predicted molar refractivity (Wildman–Crippen MR) is 95.2 cm³/mol. The number of carbonyl (C=O) groups excluding carboxylic acids is 2. The Hall–Kier alpha value is -2.89. The van der Waals surface area contributed by atoms with Gasteiger partial charge in [-0.05, 0) is 54.3 Å². The van der Waals surface area contributed by atoms with Crippen LogP contribution in [0.1, 0.15) is 34.8 Å². The maximum atomic E-state index is 12.9. The summed E-state index contributed by atoms with van der Waals surface area (Å²) in [7, 11) is 0. The molecule has 0 aliphatic carbocycles. The van der Waals surface area contributed by atoms with Gasteiger partial charge in [0.2, 0.25) is 5.91 Å². The molecule has 0 fully saturated rings. The first-order valence-corrected chi connectivity index (χ1v) is 8.60. The lowest BCUT2D eigenvalue weighted by Crippen LogP contribution is -2.50. The number of primary amides is 1. The number of rotatable bonds is 6. The molecule has 1 unspecified atom stereocenters. The molecule has 2 aromatic carbocycles. The molecule has 2 amide bonds. The summed E-state index contributed by atoms with van der Waals surface area (Å²) in [6.07, 6.45) is 1.13. The molecule has 0 saturated heterocycles. The van der Waals surface area contributed by atoms with Crippen LogP contribution in [0, 0.1) is 5.82 Å². The van der Waals surface area contributed by atoms with E-state index in [9.17, 15) is 14.0 Å². The van der Waals surface area contributed by atoms with E-state index in [1.165, 1.54) is 12.1 Å². The molecule has 0 spiro atoms. The fourth-order valence-corrected chi connectivity index (χ4v) is 3.19. The summed E-state index contributed by atoms with van der Waals surface area (Å²) in [5.74, 6) is -0.297. The van der Waals surface area contributed by atoms with E-state index in [1.807, 2.05) is 13.0 Å². The molecule has 1 heterocycles. The van der Waals surface area contributed by atoms with Gasteiger partial charge in [0.1, 0.15) is 24.2 Å². The number of hydrogen-bond donors (Lipinski definition) is 1. The first kappa shape index (κ1) is 17.9. The number of amides is 2. The highest BCUT2D eigenvalue weighted by Gasteiger charge is 2.32. The van der Waals surface area contributed by atoms with Crippen molar-refractivity contribution in [2.75, 3.05) is 6.54 Å². The Morgan fingerprint density at radius 1 is 1.27 bits per heavy atom. The van der Waals surface area contributed by atoms with E-state index in [1.54, 1.807) is 29.2 Å². The van der Waals surface area contributed by atoms with Crippen LogP contribution >= 0.6 is 0 Å². The van der Waals surface area contributed by atoms with Crippen molar-refractivity contribution in [2.45, 2.75) is 32.4 Å². The van der Waals surface area contributed by atoms with Gasteiger partial charge in [0.25, 0.3) is 5.91 Å². The third-order valence-electron chi connectivity index (χ3n) is 4.60. The molecule has 0 bridgehead atoms. The average Bonchev–Trinajstić information content (AvgIpc) is 2.63. The number of hydrogen-bond acceptors (Lipinski definition) is 3. The summed E-state index contributed by atoms with van der Waals surface area (Å²) in [6.45, 7) is 2.61. The number of carbonyl (C=O) groups is 2. The SMILES string of the molecule is CCC(C(N)=O)N1CCc2cc(OCc3ccc(F)cc3)ccc2C1=O. The van der Waals surface area contributed by atoms with Gasteiger partial charge in [-0.3, -0.25) is 9.59 Å². The summed E-state index contributed by atoms with van der Waals surface area (Å²) < 4.78 is 18.7. The van der Waals surface area contributed by atoms with E-state index in [-0.39, 0.29) is 11.7 Å². The molecule has 1 atom stereocenters. The van der Waals surface area contributed by atoms with Gasteiger partial charge in [0.05, 0.1) is 0 Å². The molecule has 2 N–H and O–H groups in total. The van der Waals surface area contributed by atoms with Crippen LogP contribution in [0.2, 0.25) is 0 Å². The van der Waals surface area contributed by atoms with Gasteiger partial charge in [-0.2, -0.15) is 0 Å². The second-order valence-corrected chi connectivity index (χ2v) is 6.31. The van der Waals surface area contributed by atoms with Crippen LogP contribution in [0.15, 0.2) is 42.5 Å². The van der Waals surface area contributed by atoms with Gasteiger partial charge in [-0.1, -0.05) is 19.1 Å². The monoisotopic (exact) mass is 356 g/mol. The summed E-state index contributed by atoms with van der Waals surface area (Å²) in [5.41, 5.74) is 7.74.